The summed E-state index contributed by atoms with van der Waals surface area (Å²) in [6.45, 7) is 2.87. The van der Waals surface area contributed by atoms with Crippen molar-refractivity contribution in [3.8, 4) is 0 Å². The van der Waals surface area contributed by atoms with Gasteiger partial charge in [0.25, 0.3) is 0 Å². The maximum Gasteiger partial charge on any atom is 0.335 e. The molecule has 0 saturated carbocycles. The lowest BCUT2D eigenvalue weighted by molar-refractivity contribution is -0.131. The van der Waals surface area contributed by atoms with Crippen LogP contribution >= 0.6 is 0 Å². The van der Waals surface area contributed by atoms with Gasteiger partial charge in [0.05, 0.1) is 16.5 Å². The molecule has 1 aromatic rings. The molecule has 3 rings (SSSR count). The first-order valence-corrected chi connectivity index (χ1v) is 8.88. The van der Waals surface area contributed by atoms with Gasteiger partial charge < -0.3 is 10.0 Å². The lowest BCUT2D eigenvalue weighted by atomic mass is 10.1. The Balaban J connectivity index is 1.75. The number of hydrogen-bond acceptors (Lipinski definition) is 4. The van der Waals surface area contributed by atoms with E-state index in [1.54, 1.807) is 11.8 Å². The molecule has 8 heteroatoms. The number of amides is 1. The molecule has 2 aliphatic heterocycles. The van der Waals surface area contributed by atoms with Crippen LogP contribution in [0.15, 0.2) is 23.1 Å². The van der Waals surface area contributed by atoms with Gasteiger partial charge in [0.2, 0.25) is 15.9 Å². The summed E-state index contributed by atoms with van der Waals surface area (Å²) in [6.07, 6.45) is 1.37. The minimum Gasteiger partial charge on any atom is -0.478 e. The van der Waals surface area contributed by atoms with Crippen molar-refractivity contribution in [1.29, 1.82) is 0 Å². The van der Waals surface area contributed by atoms with Gasteiger partial charge in [0.15, 0.2) is 0 Å². The molecular weight excluding hydrogens is 320 g/mol. The number of aromatic carboxylic acids is 1. The van der Waals surface area contributed by atoms with Crippen LogP contribution in [0.5, 0.6) is 0 Å². The molecule has 0 spiro atoms. The number of carbonyl (C=O) groups is 2. The highest BCUT2D eigenvalue weighted by molar-refractivity contribution is 7.89. The Bertz CT molecular complexity index is 768. The largest absolute Gasteiger partial charge is 0.478 e. The monoisotopic (exact) mass is 338 g/mol. The maximum absolute atomic E-state index is 12.6. The third-order valence-corrected chi connectivity index (χ3v) is 6.27. The van der Waals surface area contributed by atoms with E-state index in [0.717, 1.165) is 6.42 Å². The Kier molecular flexibility index (Phi) is 3.89. The van der Waals surface area contributed by atoms with Crippen LogP contribution in [0.1, 0.15) is 28.8 Å². The molecule has 0 aromatic heterocycles. The SMILES string of the molecule is Cc1cc(S(=O)(=O)N2CC(N3CCCC3=O)C2)ccc1C(=O)O. The standard InChI is InChI=1S/C15H18N2O5S/c1-10-7-12(4-5-13(10)15(19)20)23(21,22)16-8-11(9-16)17-6-2-3-14(17)18/h4-5,7,11H,2-3,6,8-9H2,1H3,(H,19,20). The van der Waals surface area contributed by atoms with E-state index in [2.05, 4.69) is 0 Å². The Morgan fingerprint density at radius 1 is 1.30 bits per heavy atom. The summed E-state index contributed by atoms with van der Waals surface area (Å²) in [5.41, 5.74) is 0.499. The van der Waals surface area contributed by atoms with Crippen molar-refractivity contribution in [1.82, 2.24) is 9.21 Å². The number of sulfonamides is 1. The molecule has 1 amide bonds. The van der Waals surface area contributed by atoms with Crippen LogP contribution in [0, 0.1) is 6.92 Å². The van der Waals surface area contributed by atoms with Crippen LogP contribution in [0.2, 0.25) is 0 Å². The highest BCUT2D eigenvalue weighted by Crippen LogP contribution is 2.27. The molecule has 2 aliphatic rings. The summed E-state index contributed by atoms with van der Waals surface area (Å²) in [5.74, 6) is -0.989. The number of carboxylic acids is 1. The number of carbonyl (C=O) groups excluding carboxylic acids is 1. The van der Waals surface area contributed by atoms with Crippen molar-refractivity contribution in [2.24, 2.45) is 0 Å². The summed E-state index contributed by atoms with van der Waals surface area (Å²) < 4.78 is 26.5. The zero-order valence-electron chi connectivity index (χ0n) is 12.7. The lowest BCUT2D eigenvalue weighted by Crippen LogP contribution is -2.61. The molecule has 0 aliphatic carbocycles. The Morgan fingerprint density at radius 2 is 2.00 bits per heavy atom. The van der Waals surface area contributed by atoms with Gasteiger partial charge in [0, 0.05) is 26.1 Å². The van der Waals surface area contributed by atoms with Gasteiger partial charge in [-0.1, -0.05) is 0 Å². The second-order valence-electron chi connectivity index (χ2n) is 5.95. The van der Waals surface area contributed by atoms with E-state index in [-0.39, 0.29) is 22.4 Å². The van der Waals surface area contributed by atoms with Crippen molar-refractivity contribution in [3.63, 3.8) is 0 Å². The normalized spacial score (nSPS) is 19.9. The van der Waals surface area contributed by atoms with Crippen LogP contribution in [0.3, 0.4) is 0 Å². The first kappa shape index (κ1) is 15.9. The number of carboxylic acid groups (broad SMARTS) is 1. The minimum atomic E-state index is -3.64. The summed E-state index contributed by atoms with van der Waals surface area (Å²) in [4.78, 5) is 24.5. The number of rotatable bonds is 4. The molecular formula is C15H18N2O5S. The van der Waals surface area contributed by atoms with E-state index in [1.807, 2.05) is 0 Å². The van der Waals surface area contributed by atoms with Crippen molar-refractivity contribution in [3.05, 3.63) is 29.3 Å². The third kappa shape index (κ3) is 2.72. The van der Waals surface area contributed by atoms with Gasteiger partial charge in [-0.15, -0.1) is 0 Å². The fourth-order valence-corrected chi connectivity index (χ4v) is 4.65. The van der Waals surface area contributed by atoms with Crippen molar-refractivity contribution in [2.75, 3.05) is 19.6 Å². The van der Waals surface area contributed by atoms with E-state index >= 15 is 0 Å². The predicted molar refractivity (Wildman–Crippen MR) is 81.6 cm³/mol. The molecule has 2 saturated heterocycles. The van der Waals surface area contributed by atoms with Crippen LogP contribution < -0.4 is 0 Å². The van der Waals surface area contributed by atoms with E-state index in [1.165, 1.54) is 22.5 Å². The van der Waals surface area contributed by atoms with Crippen molar-refractivity contribution < 1.29 is 23.1 Å². The van der Waals surface area contributed by atoms with Gasteiger partial charge in [-0.05, 0) is 37.1 Å². The number of hydrogen-bond donors (Lipinski definition) is 1. The average Bonchev–Trinajstić information content (AvgIpc) is 2.82. The summed E-state index contributed by atoms with van der Waals surface area (Å²) in [7, 11) is -3.64. The summed E-state index contributed by atoms with van der Waals surface area (Å²) >= 11 is 0. The molecule has 0 radical (unpaired) electrons. The Labute approximate surface area is 134 Å². The average molecular weight is 338 g/mol. The van der Waals surface area contributed by atoms with E-state index in [9.17, 15) is 18.0 Å². The molecule has 1 N–H and O–H groups in total. The zero-order chi connectivity index (χ0) is 16.8. The van der Waals surface area contributed by atoms with E-state index in [4.69, 9.17) is 5.11 Å². The van der Waals surface area contributed by atoms with Crippen molar-refractivity contribution in [2.45, 2.75) is 30.7 Å². The highest BCUT2D eigenvalue weighted by Gasteiger charge is 2.42. The molecule has 2 fully saturated rings. The number of nitrogens with zero attached hydrogens (tertiary/aromatic N) is 2. The second-order valence-corrected chi connectivity index (χ2v) is 7.89. The second kappa shape index (κ2) is 5.61. The van der Waals surface area contributed by atoms with Gasteiger partial charge >= 0.3 is 5.97 Å². The molecule has 0 bridgehead atoms. The summed E-state index contributed by atoms with van der Waals surface area (Å²) in [5, 5.41) is 9.01. The minimum absolute atomic E-state index is 0.0424. The van der Waals surface area contributed by atoms with Gasteiger partial charge in [-0.2, -0.15) is 4.31 Å². The van der Waals surface area contributed by atoms with Gasteiger partial charge in [-0.3, -0.25) is 4.79 Å². The van der Waals surface area contributed by atoms with Crippen molar-refractivity contribution >= 4 is 21.9 Å². The molecule has 23 heavy (non-hydrogen) atoms. The predicted octanol–water partition coefficient (Wildman–Crippen LogP) is 0.689. The number of benzene rings is 1. The Hall–Kier alpha value is -1.93. The zero-order valence-corrected chi connectivity index (χ0v) is 13.5. The lowest BCUT2D eigenvalue weighted by Gasteiger charge is -2.42. The van der Waals surface area contributed by atoms with Crippen LogP contribution in [0.25, 0.3) is 0 Å². The summed E-state index contributed by atoms with van der Waals surface area (Å²) in [6, 6.07) is 3.97. The van der Waals surface area contributed by atoms with Crippen LogP contribution in [-0.4, -0.2) is 60.3 Å². The first-order valence-electron chi connectivity index (χ1n) is 7.44. The first-order chi connectivity index (χ1) is 10.8. The Morgan fingerprint density at radius 3 is 2.52 bits per heavy atom. The third-order valence-electron chi connectivity index (χ3n) is 4.45. The number of likely N-dealkylation sites (tertiary alicyclic amines) is 1. The quantitative estimate of drug-likeness (QED) is 0.871. The molecule has 2 heterocycles. The van der Waals surface area contributed by atoms with E-state index < -0.39 is 16.0 Å². The molecule has 0 atom stereocenters. The van der Waals surface area contributed by atoms with Crippen LogP contribution in [0.4, 0.5) is 0 Å². The fourth-order valence-electron chi connectivity index (χ4n) is 3.05. The van der Waals surface area contributed by atoms with Gasteiger partial charge in [0.1, 0.15) is 0 Å². The smallest absolute Gasteiger partial charge is 0.335 e. The molecule has 0 unspecified atom stereocenters. The molecule has 1 aromatic carbocycles. The maximum atomic E-state index is 12.6. The molecule has 7 nitrogen and oxygen atoms in total. The van der Waals surface area contributed by atoms with Gasteiger partial charge in [-0.25, -0.2) is 13.2 Å². The topological polar surface area (TPSA) is 95.0 Å². The van der Waals surface area contributed by atoms with E-state index in [0.29, 0.717) is 31.6 Å². The number of aryl methyl sites for hydroxylation is 1. The highest BCUT2D eigenvalue weighted by atomic mass is 32.2. The fraction of sp³-hybridized carbons (Fsp3) is 0.467. The van der Waals surface area contributed by atoms with Crippen LogP contribution in [-0.2, 0) is 14.8 Å². The molecule has 124 valence electrons.